The van der Waals surface area contributed by atoms with Gasteiger partial charge in [0.05, 0.1) is 29.9 Å². The lowest BCUT2D eigenvalue weighted by atomic mass is 10.1. The Balaban J connectivity index is 0.00000272. The van der Waals surface area contributed by atoms with E-state index >= 15 is 0 Å². The average molecular weight is 482 g/mol. The van der Waals surface area contributed by atoms with E-state index in [9.17, 15) is 9.18 Å². The number of methoxy groups -OCH3 is 1. The number of amides is 1. The van der Waals surface area contributed by atoms with Crippen molar-refractivity contribution in [1.82, 2.24) is 14.8 Å². The van der Waals surface area contributed by atoms with E-state index in [2.05, 4.69) is 10.3 Å². The summed E-state index contributed by atoms with van der Waals surface area (Å²) in [5.74, 6) is -0.115. The fourth-order valence-electron chi connectivity index (χ4n) is 3.44. The van der Waals surface area contributed by atoms with Crippen LogP contribution in [0.1, 0.15) is 15.4 Å². The first-order chi connectivity index (χ1) is 14.5. The van der Waals surface area contributed by atoms with Gasteiger partial charge in [0.15, 0.2) is 0 Å². The highest BCUT2D eigenvalue weighted by Crippen LogP contribution is 2.25. The summed E-state index contributed by atoms with van der Waals surface area (Å²) >= 11 is 7.66. The molecule has 1 saturated heterocycles. The van der Waals surface area contributed by atoms with Crippen molar-refractivity contribution >= 4 is 41.3 Å². The van der Waals surface area contributed by atoms with Gasteiger partial charge in [-0.2, -0.15) is 0 Å². The molecule has 1 fully saturated rings. The van der Waals surface area contributed by atoms with Gasteiger partial charge in [-0.15, -0.1) is 23.7 Å². The maximum Gasteiger partial charge on any atom is 0.258 e. The normalized spacial score (nSPS) is 14.2. The molecule has 0 unspecified atom stereocenters. The molecule has 164 valence electrons. The minimum atomic E-state index is -0.580. The lowest BCUT2D eigenvalue weighted by Gasteiger charge is -2.34. The molecule has 0 atom stereocenters. The standard InChI is InChI=1S/C22H21ClFN3O2S.ClH/c1-29-16-7-5-15(6-8-16)19-14-30-20(25-19)13-26-9-11-27(12-10-26)22(28)21-17(23)3-2-4-18(21)24;/h2-8,14H,9-13H2,1H3;1H. The van der Waals surface area contributed by atoms with Gasteiger partial charge in [0.1, 0.15) is 16.6 Å². The molecule has 1 aliphatic rings. The van der Waals surface area contributed by atoms with E-state index in [1.54, 1.807) is 23.3 Å². The molecule has 0 bridgehead atoms. The van der Waals surface area contributed by atoms with Crippen molar-refractivity contribution in [1.29, 1.82) is 0 Å². The van der Waals surface area contributed by atoms with Crippen LogP contribution in [-0.4, -0.2) is 54.0 Å². The maximum absolute atomic E-state index is 14.0. The second-order valence-corrected chi connectivity index (χ2v) is 8.37. The number of thiazole rings is 1. The third-order valence-corrected chi connectivity index (χ3v) is 6.28. The van der Waals surface area contributed by atoms with Gasteiger partial charge >= 0.3 is 0 Å². The molecule has 0 N–H and O–H groups in total. The van der Waals surface area contributed by atoms with Crippen LogP contribution in [0.3, 0.4) is 0 Å². The van der Waals surface area contributed by atoms with Crippen LogP contribution in [-0.2, 0) is 6.54 Å². The lowest BCUT2D eigenvalue weighted by Crippen LogP contribution is -2.48. The number of carbonyl (C=O) groups excluding carboxylic acids is 1. The number of hydrogen-bond acceptors (Lipinski definition) is 5. The Labute approximate surface area is 195 Å². The summed E-state index contributed by atoms with van der Waals surface area (Å²) in [5, 5.41) is 3.23. The van der Waals surface area contributed by atoms with E-state index in [0.717, 1.165) is 28.6 Å². The second-order valence-electron chi connectivity index (χ2n) is 7.02. The highest BCUT2D eigenvalue weighted by Gasteiger charge is 2.26. The number of carbonyl (C=O) groups is 1. The summed E-state index contributed by atoms with van der Waals surface area (Å²) in [5.41, 5.74) is 1.95. The Morgan fingerprint density at radius 3 is 2.52 bits per heavy atom. The number of rotatable bonds is 5. The number of halogens is 3. The first-order valence-electron chi connectivity index (χ1n) is 9.59. The van der Waals surface area contributed by atoms with Crippen LogP contribution in [0.5, 0.6) is 5.75 Å². The van der Waals surface area contributed by atoms with Crippen molar-refractivity contribution in [3.8, 4) is 17.0 Å². The Morgan fingerprint density at radius 2 is 1.87 bits per heavy atom. The molecule has 5 nitrogen and oxygen atoms in total. The molecule has 9 heteroatoms. The van der Waals surface area contributed by atoms with Gasteiger partial charge in [0, 0.05) is 37.1 Å². The number of nitrogens with zero attached hydrogens (tertiary/aromatic N) is 3. The Morgan fingerprint density at radius 1 is 1.16 bits per heavy atom. The zero-order chi connectivity index (χ0) is 21.1. The Hall–Kier alpha value is -2.19. The summed E-state index contributed by atoms with van der Waals surface area (Å²) in [4.78, 5) is 21.3. The van der Waals surface area contributed by atoms with Gasteiger partial charge in [-0.1, -0.05) is 17.7 Å². The number of benzene rings is 2. The lowest BCUT2D eigenvalue weighted by molar-refractivity contribution is 0.0624. The highest BCUT2D eigenvalue weighted by atomic mass is 35.5. The topological polar surface area (TPSA) is 45.7 Å². The molecule has 0 saturated carbocycles. The summed E-state index contributed by atoms with van der Waals surface area (Å²) in [6.45, 7) is 3.19. The van der Waals surface area contributed by atoms with Crippen LogP contribution in [0.15, 0.2) is 47.8 Å². The van der Waals surface area contributed by atoms with Crippen molar-refractivity contribution in [3.63, 3.8) is 0 Å². The van der Waals surface area contributed by atoms with Gasteiger partial charge in [0.2, 0.25) is 0 Å². The van der Waals surface area contributed by atoms with Crippen LogP contribution in [0, 0.1) is 5.82 Å². The van der Waals surface area contributed by atoms with Crippen molar-refractivity contribution in [2.24, 2.45) is 0 Å². The molecule has 4 rings (SSSR count). The average Bonchev–Trinajstić information content (AvgIpc) is 3.22. The van der Waals surface area contributed by atoms with Crippen LogP contribution >= 0.6 is 35.3 Å². The van der Waals surface area contributed by atoms with E-state index in [-0.39, 0.29) is 28.9 Å². The van der Waals surface area contributed by atoms with Crippen molar-refractivity contribution < 1.29 is 13.9 Å². The molecule has 0 spiro atoms. The molecule has 2 aromatic carbocycles. The van der Waals surface area contributed by atoms with E-state index in [1.165, 1.54) is 18.2 Å². The molecule has 31 heavy (non-hydrogen) atoms. The predicted octanol–water partition coefficient (Wildman–Crippen LogP) is 4.99. The summed E-state index contributed by atoms with van der Waals surface area (Å²) in [6, 6.07) is 12.1. The van der Waals surface area contributed by atoms with Crippen LogP contribution in [0.2, 0.25) is 5.02 Å². The van der Waals surface area contributed by atoms with Gasteiger partial charge in [-0.25, -0.2) is 9.37 Å². The minimum absolute atomic E-state index is 0. The highest BCUT2D eigenvalue weighted by molar-refractivity contribution is 7.09. The summed E-state index contributed by atoms with van der Waals surface area (Å²) in [6.07, 6.45) is 0. The predicted molar refractivity (Wildman–Crippen MR) is 124 cm³/mol. The monoisotopic (exact) mass is 481 g/mol. The molecule has 0 aliphatic carbocycles. The maximum atomic E-state index is 14.0. The van der Waals surface area contributed by atoms with E-state index in [1.807, 2.05) is 24.3 Å². The molecular weight excluding hydrogens is 460 g/mol. The fourth-order valence-corrected chi connectivity index (χ4v) is 4.53. The number of ether oxygens (including phenoxy) is 1. The fraction of sp³-hybridized carbons (Fsp3) is 0.273. The zero-order valence-electron chi connectivity index (χ0n) is 16.9. The first-order valence-corrected chi connectivity index (χ1v) is 10.9. The molecule has 0 radical (unpaired) electrons. The van der Waals surface area contributed by atoms with Crippen LogP contribution < -0.4 is 4.74 Å². The molecule has 1 aliphatic heterocycles. The smallest absolute Gasteiger partial charge is 0.258 e. The first kappa shape index (κ1) is 23.5. The largest absolute Gasteiger partial charge is 0.497 e. The SMILES string of the molecule is COc1ccc(-c2csc(CN3CCN(C(=O)c4c(F)cccc4Cl)CC3)n2)cc1.Cl. The quantitative estimate of drug-likeness (QED) is 0.514. The molecule has 1 aromatic heterocycles. The molecular formula is C22H22Cl2FN3O2S. The van der Waals surface area contributed by atoms with Crippen molar-refractivity contribution in [3.05, 3.63) is 69.3 Å². The van der Waals surface area contributed by atoms with E-state index in [4.69, 9.17) is 21.3 Å². The van der Waals surface area contributed by atoms with Gasteiger partial charge in [0.25, 0.3) is 5.91 Å². The Bertz CT molecular complexity index is 1020. The summed E-state index contributed by atoms with van der Waals surface area (Å²) in [7, 11) is 1.65. The van der Waals surface area contributed by atoms with Gasteiger partial charge in [-0.05, 0) is 36.4 Å². The van der Waals surface area contributed by atoms with Gasteiger partial charge < -0.3 is 9.64 Å². The van der Waals surface area contributed by atoms with Crippen LogP contribution in [0.25, 0.3) is 11.3 Å². The van der Waals surface area contributed by atoms with Crippen molar-refractivity contribution in [2.45, 2.75) is 6.54 Å². The second kappa shape index (κ2) is 10.4. The third kappa shape index (κ3) is 5.36. The molecule has 2 heterocycles. The summed E-state index contributed by atoms with van der Waals surface area (Å²) < 4.78 is 19.2. The van der Waals surface area contributed by atoms with E-state index in [0.29, 0.717) is 26.2 Å². The number of hydrogen-bond donors (Lipinski definition) is 0. The van der Waals surface area contributed by atoms with Crippen molar-refractivity contribution in [2.75, 3.05) is 33.3 Å². The number of aromatic nitrogens is 1. The molecule has 3 aromatic rings. The minimum Gasteiger partial charge on any atom is -0.497 e. The number of piperazine rings is 1. The third-order valence-electron chi connectivity index (χ3n) is 5.13. The van der Waals surface area contributed by atoms with Gasteiger partial charge in [-0.3, -0.25) is 9.69 Å². The zero-order valence-corrected chi connectivity index (χ0v) is 19.3. The van der Waals surface area contributed by atoms with Crippen LogP contribution in [0.4, 0.5) is 4.39 Å². The van der Waals surface area contributed by atoms with E-state index < -0.39 is 5.82 Å². The molecule has 1 amide bonds. The Kier molecular flexibility index (Phi) is 7.89.